The van der Waals surface area contributed by atoms with Crippen LogP contribution in [-0.2, 0) is 0 Å². The molecule has 88 valence electrons. The normalized spacial score (nSPS) is 17.8. The van der Waals surface area contributed by atoms with Gasteiger partial charge in [0, 0.05) is 38.6 Å². The zero-order chi connectivity index (χ0) is 11.4. The number of hydrogen-bond acceptors (Lipinski definition) is 4. The maximum Gasteiger partial charge on any atom is 0.150 e. The molecule has 1 saturated heterocycles. The van der Waals surface area contributed by atoms with Crippen molar-refractivity contribution >= 4 is 29.0 Å². The first-order chi connectivity index (χ1) is 7.81. The SMILES string of the molecule is ClCCN1CCN(c2ncncc2Cl)CC1. The van der Waals surface area contributed by atoms with E-state index in [2.05, 4.69) is 19.8 Å². The minimum Gasteiger partial charge on any atom is -0.353 e. The van der Waals surface area contributed by atoms with Crippen molar-refractivity contribution < 1.29 is 0 Å². The van der Waals surface area contributed by atoms with Crippen molar-refractivity contribution in [3.8, 4) is 0 Å². The first-order valence-corrected chi connectivity index (χ1v) is 6.21. The highest BCUT2D eigenvalue weighted by Gasteiger charge is 2.19. The highest BCUT2D eigenvalue weighted by molar-refractivity contribution is 6.32. The molecule has 2 rings (SSSR count). The lowest BCUT2D eigenvalue weighted by Crippen LogP contribution is -2.47. The largest absolute Gasteiger partial charge is 0.353 e. The van der Waals surface area contributed by atoms with Crippen LogP contribution in [0.3, 0.4) is 0 Å². The Bertz CT molecular complexity index is 339. The van der Waals surface area contributed by atoms with E-state index < -0.39 is 0 Å². The van der Waals surface area contributed by atoms with Crippen molar-refractivity contribution in [2.24, 2.45) is 0 Å². The highest BCUT2D eigenvalue weighted by Crippen LogP contribution is 2.22. The summed E-state index contributed by atoms with van der Waals surface area (Å²) in [4.78, 5) is 12.6. The second-order valence-electron chi connectivity index (χ2n) is 3.71. The third-order valence-corrected chi connectivity index (χ3v) is 3.16. The Morgan fingerprint density at radius 3 is 2.62 bits per heavy atom. The summed E-state index contributed by atoms with van der Waals surface area (Å²) < 4.78 is 0. The Labute approximate surface area is 105 Å². The smallest absolute Gasteiger partial charge is 0.150 e. The first-order valence-electron chi connectivity index (χ1n) is 5.30. The van der Waals surface area contributed by atoms with Crippen molar-refractivity contribution in [2.45, 2.75) is 0 Å². The molecule has 1 aromatic heterocycles. The maximum atomic E-state index is 6.05. The Kier molecular flexibility index (Phi) is 4.21. The molecule has 1 aliphatic rings. The number of rotatable bonds is 3. The average molecular weight is 261 g/mol. The van der Waals surface area contributed by atoms with E-state index in [0.29, 0.717) is 10.9 Å². The molecule has 0 radical (unpaired) electrons. The summed E-state index contributed by atoms with van der Waals surface area (Å²) in [6.45, 7) is 4.84. The molecule has 0 aromatic carbocycles. The summed E-state index contributed by atoms with van der Waals surface area (Å²) in [7, 11) is 0. The lowest BCUT2D eigenvalue weighted by atomic mass is 10.3. The number of alkyl halides is 1. The van der Waals surface area contributed by atoms with Crippen LogP contribution in [0.1, 0.15) is 0 Å². The summed E-state index contributed by atoms with van der Waals surface area (Å²) in [5.41, 5.74) is 0. The van der Waals surface area contributed by atoms with Crippen molar-refractivity contribution in [1.29, 1.82) is 0 Å². The molecular formula is C10H14Cl2N4. The summed E-state index contributed by atoms with van der Waals surface area (Å²) >= 11 is 11.8. The van der Waals surface area contributed by atoms with Crippen molar-refractivity contribution in [1.82, 2.24) is 14.9 Å². The first kappa shape index (κ1) is 11.9. The summed E-state index contributed by atoms with van der Waals surface area (Å²) in [5, 5.41) is 0.619. The average Bonchev–Trinajstić information content (AvgIpc) is 2.31. The van der Waals surface area contributed by atoms with Crippen LogP contribution in [0.25, 0.3) is 0 Å². The Morgan fingerprint density at radius 1 is 1.25 bits per heavy atom. The van der Waals surface area contributed by atoms with E-state index >= 15 is 0 Å². The van der Waals surface area contributed by atoms with Crippen LogP contribution in [0.4, 0.5) is 5.82 Å². The number of piperazine rings is 1. The van der Waals surface area contributed by atoms with Gasteiger partial charge in [0.05, 0.1) is 6.20 Å². The fraction of sp³-hybridized carbons (Fsp3) is 0.600. The van der Waals surface area contributed by atoms with Crippen molar-refractivity contribution in [3.63, 3.8) is 0 Å². The molecule has 0 atom stereocenters. The number of aromatic nitrogens is 2. The van der Waals surface area contributed by atoms with Gasteiger partial charge >= 0.3 is 0 Å². The molecule has 0 N–H and O–H groups in total. The molecule has 0 aliphatic carbocycles. The minimum atomic E-state index is 0.619. The standard InChI is InChI=1S/C10H14Cl2N4/c11-1-2-15-3-5-16(6-4-15)10-9(12)7-13-8-14-10/h7-8H,1-6H2. The fourth-order valence-corrected chi connectivity index (χ4v) is 2.31. The Hall–Kier alpha value is -0.580. The third-order valence-electron chi connectivity index (χ3n) is 2.72. The van der Waals surface area contributed by atoms with Gasteiger partial charge in [-0.3, -0.25) is 4.90 Å². The van der Waals surface area contributed by atoms with E-state index in [9.17, 15) is 0 Å². The van der Waals surface area contributed by atoms with Crippen LogP contribution in [0.5, 0.6) is 0 Å². The quantitative estimate of drug-likeness (QED) is 0.772. The van der Waals surface area contributed by atoms with Crippen LogP contribution in [0.2, 0.25) is 5.02 Å². The second-order valence-corrected chi connectivity index (χ2v) is 4.50. The molecule has 1 aliphatic heterocycles. The summed E-state index contributed by atoms with van der Waals surface area (Å²) in [6, 6.07) is 0. The van der Waals surface area contributed by atoms with Crippen molar-refractivity contribution in [2.75, 3.05) is 43.5 Å². The van der Waals surface area contributed by atoms with Gasteiger partial charge in [0.1, 0.15) is 11.3 Å². The Balaban J connectivity index is 1.96. The van der Waals surface area contributed by atoms with Gasteiger partial charge < -0.3 is 4.90 Å². The van der Waals surface area contributed by atoms with E-state index in [4.69, 9.17) is 23.2 Å². The topological polar surface area (TPSA) is 32.3 Å². The van der Waals surface area contributed by atoms with Crippen LogP contribution < -0.4 is 4.90 Å². The second kappa shape index (κ2) is 5.66. The van der Waals surface area contributed by atoms with Gasteiger partial charge in [-0.15, -0.1) is 11.6 Å². The van der Waals surface area contributed by atoms with Crippen LogP contribution in [0.15, 0.2) is 12.5 Å². The van der Waals surface area contributed by atoms with E-state index in [1.165, 1.54) is 6.33 Å². The van der Waals surface area contributed by atoms with Gasteiger partial charge in [-0.1, -0.05) is 11.6 Å². The lowest BCUT2D eigenvalue weighted by Gasteiger charge is -2.35. The van der Waals surface area contributed by atoms with Crippen LogP contribution in [-0.4, -0.2) is 53.5 Å². The van der Waals surface area contributed by atoms with Crippen LogP contribution in [0, 0.1) is 0 Å². The molecule has 1 fully saturated rings. The summed E-state index contributed by atoms with van der Waals surface area (Å²) in [6.07, 6.45) is 3.17. The lowest BCUT2D eigenvalue weighted by molar-refractivity contribution is 0.272. The molecule has 16 heavy (non-hydrogen) atoms. The summed E-state index contributed by atoms with van der Waals surface area (Å²) in [5.74, 6) is 1.52. The number of hydrogen-bond donors (Lipinski definition) is 0. The van der Waals surface area contributed by atoms with E-state index in [1.54, 1.807) is 6.20 Å². The molecule has 0 bridgehead atoms. The molecule has 0 amide bonds. The number of nitrogens with zero attached hydrogens (tertiary/aromatic N) is 4. The zero-order valence-electron chi connectivity index (χ0n) is 8.94. The third kappa shape index (κ3) is 2.75. The van der Waals surface area contributed by atoms with E-state index in [1.807, 2.05) is 0 Å². The van der Waals surface area contributed by atoms with Crippen LogP contribution >= 0.6 is 23.2 Å². The Morgan fingerprint density at radius 2 is 2.00 bits per heavy atom. The van der Waals surface area contributed by atoms with Gasteiger partial charge in [-0.2, -0.15) is 0 Å². The van der Waals surface area contributed by atoms with Gasteiger partial charge in [0.25, 0.3) is 0 Å². The molecule has 0 spiro atoms. The number of anilines is 1. The zero-order valence-corrected chi connectivity index (χ0v) is 10.5. The molecule has 6 heteroatoms. The number of halogens is 2. The monoisotopic (exact) mass is 260 g/mol. The molecule has 4 nitrogen and oxygen atoms in total. The molecule has 0 saturated carbocycles. The maximum absolute atomic E-state index is 6.05. The predicted molar refractivity (Wildman–Crippen MR) is 66.4 cm³/mol. The molecular weight excluding hydrogens is 247 g/mol. The molecule has 0 unspecified atom stereocenters. The van der Waals surface area contributed by atoms with Gasteiger partial charge in [0.15, 0.2) is 5.82 Å². The van der Waals surface area contributed by atoms with Crippen molar-refractivity contribution in [3.05, 3.63) is 17.5 Å². The van der Waals surface area contributed by atoms with Gasteiger partial charge in [0.2, 0.25) is 0 Å². The van der Waals surface area contributed by atoms with E-state index in [0.717, 1.165) is 38.5 Å². The predicted octanol–water partition coefficient (Wildman–Crippen LogP) is 1.49. The molecule has 2 heterocycles. The molecule has 1 aromatic rings. The minimum absolute atomic E-state index is 0.619. The van der Waals surface area contributed by atoms with Gasteiger partial charge in [-0.25, -0.2) is 9.97 Å². The highest BCUT2D eigenvalue weighted by atomic mass is 35.5. The van der Waals surface area contributed by atoms with Gasteiger partial charge in [-0.05, 0) is 0 Å². The fourth-order valence-electron chi connectivity index (χ4n) is 1.84. The van der Waals surface area contributed by atoms with E-state index in [-0.39, 0.29) is 0 Å².